The molecule has 0 aliphatic rings. The molecule has 0 unspecified atom stereocenters. The van der Waals surface area contributed by atoms with Crippen molar-refractivity contribution < 1.29 is 14.7 Å². The van der Waals surface area contributed by atoms with Crippen LogP contribution in [0.4, 0.5) is 5.82 Å². The molecule has 1 rings (SSSR count). The van der Waals surface area contributed by atoms with Crippen LogP contribution in [0.15, 0.2) is 24.4 Å². The van der Waals surface area contributed by atoms with Crippen LogP contribution in [0.3, 0.4) is 0 Å². The fraction of sp³-hybridized carbons (Fsp3) is 0.357. The van der Waals surface area contributed by atoms with Gasteiger partial charge in [0.2, 0.25) is 5.91 Å². The minimum Gasteiger partial charge on any atom is -0.478 e. The van der Waals surface area contributed by atoms with Gasteiger partial charge in [-0.25, -0.2) is 9.78 Å². The number of aromatic nitrogens is 1. The van der Waals surface area contributed by atoms with Crippen molar-refractivity contribution in [2.45, 2.75) is 27.2 Å². The average Bonchev–Trinajstić information content (AvgIpc) is 2.24. The third-order valence-corrected chi connectivity index (χ3v) is 2.16. The van der Waals surface area contributed by atoms with E-state index >= 15 is 0 Å². The lowest BCUT2D eigenvalue weighted by molar-refractivity contribution is -0.131. The van der Waals surface area contributed by atoms with Crippen LogP contribution in [0.2, 0.25) is 0 Å². The first-order valence-corrected chi connectivity index (χ1v) is 5.93. The Labute approximate surface area is 112 Å². The quantitative estimate of drug-likeness (QED) is 0.817. The van der Waals surface area contributed by atoms with Crippen LogP contribution >= 0.6 is 0 Å². The first-order chi connectivity index (χ1) is 8.76. The number of nitrogens with zero attached hydrogens (tertiary/aromatic N) is 1. The van der Waals surface area contributed by atoms with Gasteiger partial charge in [-0.3, -0.25) is 4.79 Å². The van der Waals surface area contributed by atoms with Gasteiger partial charge in [0, 0.05) is 18.7 Å². The molecule has 0 bridgehead atoms. The van der Waals surface area contributed by atoms with Gasteiger partial charge in [-0.2, -0.15) is 0 Å². The third kappa shape index (κ3) is 6.35. The Kier molecular flexibility index (Phi) is 4.80. The second-order valence-corrected chi connectivity index (χ2v) is 5.43. The van der Waals surface area contributed by atoms with Crippen molar-refractivity contribution in [3.63, 3.8) is 0 Å². The van der Waals surface area contributed by atoms with E-state index in [1.807, 2.05) is 20.8 Å². The Bertz CT molecular complexity index is 502. The monoisotopic (exact) mass is 262 g/mol. The van der Waals surface area contributed by atoms with E-state index in [-0.39, 0.29) is 11.3 Å². The number of carbonyl (C=O) groups excluding carboxylic acids is 1. The summed E-state index contributed by atoms with van der Waals surface area (Å²) in [5, 5.41) is 11.2. The number of amides is 1. The van der Waals surface area contributed by atoms with Crippen LogP contribution in [-0.4, -0.2) is 22.0 Å². The molecule has 0 saturated heterocycles. The maximum atomic E-state index is 11.7. The lowest BCUT2D eigenvalue weighted by Gasteiger charge is -2.17. The zero-order valence-corrected chi connectivity index (χ0v) is 11.3. The number of rotatable bonds is 4. The minimum atomic E-state index is -1.02. The van der Waals surface area contributed by atoms with Gasteiger partial charge < -0.3 is 10.4 Å². The first-order valence-electron chi connectivity index (χ1n) is 5.93. The molecule has 1 aromatic heterocycles. The van der Waals surface area contributed by atoms with Gasteiger partial charge >= 0.3 is 5.97 Å². The molecule has 0 atom stereocenters. The first kappa shape index (κ1) is 14.9. The Morgan fingerprint density at radius 1 is 1.42 bits per heavy atom. The number of hydrogen-bond donors (Lipinski definition) is 2. The summed E-state index contributed by atoms with van der Waals surface area (Å²) in [5.41, 5.74) is 0.578. The molecule has 0 fully saturated rings. The number of carbonyl (C=O) groups is 2. The van der Waals surface area contributed by atoms with Gasteiger partial charge in [0.15, 0.2) is 0 Å². The van der Waals surface area contributed by atoms with Gasteiger partial charge in [0.1, 0.15) is 5.82 Å². The SMILES string of the molecule is CC(C)(C)CC(=O)Nc1cc(/C=C/C(=O)O)ccn1. The molecule has 2 N–H and O–H groups in total. The molecule has 1 aromatic rings. The number of carboxylic acid groups (broad SMARTS) is 1. The van der Waals surface area contributed by atoms with Crippen molar-refractivity contribution in [3.05, 3.63) is 30.0 Å². The summed E-state index contributed by atoms with van der Waals surface area (Å²) in [7, 11) is 0. The van der Waals surface area contributed by atoms with E-state index in [2.05, 4.69) is 10.3 Å². The van der Waals surface area contributed by atoms with Crippen molar-refractivity contribution in [3.8, 4) is 0 Å². The fourth-order valence-electron chi connectivity index (χ4n) is 1.46. The normalized spacial score (nSPS) is 11.5. The highest BCUT2D eigenvalue weighted by Gasteiger charge is 2.16. The average molecular weight is 262 g/mol. The molecule has 0 radical (unpaired) electrons. The van der Waals surface area contributed by atoms with Crippen molar-refractivity contribution in [1.82, 2.24) is 4.98 Å². The van der Waals surface area contributed by atoms with E-state index < -0.39 is 5.97 Å². The predicted octanol–water partition coefficient (Wildman–Crippen LogP) is 2.55. The van der Waals surface area contributed by atoms with E-state index in [1.165, 1.54) is 12.3 Å². The number of hydrogen-bond acceptors (Lipinski definition) is 3. The number of aliphatic carboxylic acids is 1. The summed E-state index contributed by atoms with van der Waals surface area (Å²) >= 11 is 0. The van der Waals surface area contributed by atoms with Gasteiger partial charge in [0.05, 0.1) is 0 Å². The highest BCUT2D eigenvalue weighted by molar-refractivity contribution is 5.90. The Morgan fingerprint density at radius 3 is 2.68 bits per heavy atom. The number of nitrogens with one attached hydrogen (secondary N) is 1. The van der Waals surface area contributed by atoms with E-state index in [0.29, 0.717) is 17.8 Å². The lowest BCUT2D eigenvalue weighted by Crippen LogP contribution is -2.20. The van der Waals surface area contributed by atoms with Crippen LogP contribution in [0, 0.1) is 5.41 Å². The van der Waals surface area contributed by atoms with Crippen molar-refractivity contribution in [1.29, 1.82) is 0 Å². The highest BCUT2D eigenvalue weighted by atomic mass is 16.4. The fourth-order valence-corrected chi connectivity index (χ4v) is 1.46. The Morgan fingerprint density at radius 2 is 2.11 bits per heavy atom. The van der Waals surface area contributed by atoms with E-state index in [0.717, 1.165) is 6.08 Å². The number of carboxylic acids is 1. The Balaban J connectivity index is 2.72. The maximum absolute atomic E-state index is 11.7. The van der Waals surface area contributed by atoms with E-state index in [9.17, 15) is 9.59 Å². The second-order valence-electron chi connectivity index (χ2n) is 5.43. The molecule has 1 heterocycles. The summed E-state index contributed by atoms with van der Waals surface area (Å²) in [6.07, 6.45) is 4.40. The van der Waals surface area contributed by atoms with Crippen LogP contribution in [0.1, 0.15) is 32.8 Å². The zero-order valence-electron chi connectivity index (χ0n) is 11.3. The van der Waals surface area contributed by atoms with Gasteiger partial charge in [-0.1, -0.05) is 20.8 Å². The van der Waals surface area contributed by atoms with Crippen LogP contribution in [0.25, 0.3) is 6.08 Å². The van der Waals surface area contributed by atoms with Crippen LogP contribution in [0.5, 0.6) is 0 Å². The molecule has 102 valence electrons. The molecule has 0 spiro atoms. The molecule has 0 saturated carbocycles. The van der Waals surface area contributed by atoms with Gasteiger partial charge in [0.25, 0.3) is 0 Å². The minimum absolute atomic E-state index is 0.0924. The van der Waals surface area contributed by atoms with Crippen molar-refractivity contribution >= 4 is 23.8 Å². The lowest BCUT2D eigenvalue weighted by atomic mass is 9.92. The highest BCUT2D eigenvalue weighted by Crippen LogP contribution is 2.19. The van der Waals surface area contributed by atoms with Gasteiger partial charge in [-0.15, -0.1) is 0 Å². The maximum Gasteiger partial charge on any atom is 0.328 e. The summed E-state index contributed by atoms with van der Waals surface area (Å²) in [4.78, 5) is 26.2. The zero-order chi connectivity index (χ0) is 14.5. The molecule has 5 nitrogen and oxygen atoms in total. The summed E-state index contributed by atoms with van der Waals surface area (Å²) in [6.45, 7) is 5.93. The van der Waals surface area contributed by atoms with E-state index in [4.69, 9.17) is 5.11 Å². The van der Waals surface area contributed by atoms with Crippen LogP contribution < -0.4 is 5.32 Å². The molecule has 0 aliphatic carbocycles. The standard InChI is InChI=1S/C14H18N2O3/c1-14(2,3)9-12(17)16-11-8-10(6-7-15-11)4-5-13(18)19/h4-8H,9H2,1-3H3,(H,18,19)(H,15,16,17)/b5-4+. The molecule has 0 aliphatic heterocycles. The Hall–Kier alpha value is -2.17. The molecule has 1 amide bonds. The molecule has 5 heteroatoms. The molecule has 0 aromatic carbocycles. The molecular formula is C14H18N2O3. The molecular weight excluding hydrogens is 244 g/mol. The number of pyridine rings is 1. The largest absolute Gasteiger partial charge is 0.478 e. The smallest absolute Gasteiger partial charge is 0.328 e. The summed E-state index contributed by atoms with van der Waals surface area (Å²) < 4.78 is 0. The summed E-state index contributed by atoms with van der Waals surface area (Å²) in [5.74, 6) is -0.712. The predicted molar refractivity (Wildman–Crippen MR) is 73.6 cm³/mol. The van der Waals surface area contributed by atoms with Crippen LogP contribution in [-0.2, 0) is 9.59 Å². The third-order valence-electron chi connectivity index (χ3n) is 2.16. The molecule has 19 heavy (non-hydrogen) atoms. The van der Waals surface area contributed by atoms with E-state index in [1.54, 1.807) is 12.1 Å². The number of anilines is 1. The van der Waals surface area contributed by atoms with Crippen molar-refractivity contribution in [2.75, 3.05) is 5.32 Å². The summed E-state index contributed by atoms with van der Waals surface area (Å²) in [6, 6.07) is 3.29. The second kappa shape index (κ2) is 6.13. The van der Waals surface area contributed by atoms with Crippen molar-refractivity contribution in [2.24, 2.45) is 5.41 Å². The van der Waals surface area contributed by atoms with Gasteiger partial charge in [-0.05, 0) is 29.2 Å². The topological polar surface area (TPSA) is 79.3 Å².